The third kappa shape index (κ3) is 4.25. The van der Waals surface area contributed by atoms with Gasteiger partial charge < -0.3 is 4.74 Å². The van der Waals surface area contributed by atoms with Crippen molar-refractivity contribution < 1.29 is 13.2 Å². The summed E-state index contributed by atoms with van der Waals surface area (Å²) in [4.78, 5) is 8.14. The van der Waals surface area contributed by atoms with E-state index < -0.39 is 10.0 Å². The number of para-hydroxylation sites is 1. The lowest BCUT2D eigenvalue weighted by atomic mass is 10.1. The fourth-order valence-corrected chi connectivity index (χ4v) is 3.36. The smallest absolute Gasteiger partial charge is 0.261 e. The Labute approximate surface area is 152 Å². The van der Waals surface area contributed by atoms with Gasteiger partial charge in [0.15, 0.2) is 0 Å². The minimum Gasteiger partial charge on any atom is -0.497 e. The maximum Gasteiger partial charge on any atom is 0.261 e. The highest BCUT2D eigenvalue weighted by Gasteiger charge is 2.15. The van der Waals surface area contributed by atoms with E-state index in [1.165, 1.54) is 25.6 Å². The SMILES string of the molecule is COc1ccc(S(=O)(=O)Nc2ccccc2C=Cc2ccncn2)cc1. The van der Waals surface area contributed by atoms with Crippen LogP contribution in [-0.2, 0) is 10.0 Å². The summed E-state index contributed by atoms with van der Waals surface area (Å²) in [6.07, 6.45) is 6.69. The van der Waals surface area contributed by atoms with Gasteiger partial charge in [-0.1, -0.05) is 24.3 Å². The van der Waals surface area contributed by atoms with Crippen molar-refractivity contribution in [2.45, 2.75) is 4.90 Å². The van der Waals surface area contributed by atoms with Gasteiger partial charge in [-0.15, -0.1) is 0 Å². The highest BCUT2D eigenvalue weighted by atomic mass is 32.2. The molecule has 3 rings (SSSR count). The van der Waals surface area contributed by atoms with Gasteiger partial charge in [-0.05, 0) is 48.0 Å². The standard InChI is InChI=1S/C19H17N3O3S/c1-25-17-8-10-18(11-9-17)26(23,24)22-19-5-3-2-4-15(19)6-7-16-12-13-20-14-21-16/h2-14,22H,1H3. The number of hydrogen-bond acceptors (Lipinski definition) is 5. The maximum absolute atomic E-state index is 12.6. The quantitative estimate of drug-likeness (QED) is 0.722. The second-order valence-corrected chi connectivity index (χ2v) is 7.02. The number of anilines is 1. The fourth-order valence-electron chi connectivity index (χ4n) is 2.27. The van der Waals surface area contributed by atoms with Crippen LogP contribution in [-0.4, -0.2) is 25.5 Å². The molecule has 2 aromatic carbocycles. The second kappa shape index (κ2) is 7.79. The summed E-state index contributed by atoms with van der Waals surface area (Å²) in [5.41, 5.74) is 1.93. The molecule has 0 atom stereocenters. The summed E-state index contributed by atoms with van der Waals surface area (Å²) in [7, 11) is -2.18. The van der Waals surface area contributed by atoms with Gasteiger partial charge >= 0.3 is 0 Å². The van der Waals surface area contributed by atoms with E-state index in [2.05, 4.69) is 14.7 Å². The van der Waals surface area contributed by atoms with Crippen LogP contribution < -0.4 is 9.46 Å². The van der Waals surface area contributed by atoms with E-state index in [1.807, 2.05) is 12.1 Å². The molecule has 0 bridgehead atoms. The van der Waals surface area contributed by atoms with Gasteiger partial charge in [-0.25, -0.2) is 18.4 Å². The molecule has 1 N–H and O–H groups in total. The lowest BCUT2D eigenvalue weighted by Gasteiger charge is -2.11. The molecule has 6 nitrogen and oxygen atoms in total. The average Bonchev–Trinajstić information content (AvgIpc) is 2.68. The van der Waals surface area contributed by atoms with Gasteiger partial charge in [0.25, 0.3) is 10.0 Å². The van der Waals surface area contributed by atoms with E-state index in [1.54, 1.807) is 48.7 Å². The molecule has 0 saturated carbocycles. The third-order valence-corrected chi connectivity index (χ3v) is 4.99. The van der Waals surface area contributed by atoms with E-state index >= 15 is 0 Å². The predicted molar refractivity (Wildman–Crippen MR) is 101 cm³/mol. The molecule has 7 heteroatoms. The second-order valence-electron chi connectivity index (χ2n) is 5.34. The lowest BCUT2D eigenvalue weighted by molar-refractivity contribution is 0.414. The number of nitrogens with zero attached hydrogens (tertiary/aromatic N) is 2. The number of methoxy groups -OCH3 is 1. The Bertz CT molecular complexity index is 1000. The summed E-state index contributed by atoms with van der Waals surface area (Å²) in [6.45, 7) is 0. The molecule has 0 spiro atoms. The molecular weight excluding hydrogens is 350 g/mol. The Morgan fingerprint density at radius 2 is 1.77 bits per heavy atom. The number of rotatable bonds is 6. The molecule has 0 amide bonds. The van der Waals surface area contributed by atoms with Crippen LogP contribution in [0.3, 0.4) is 0 Å². The highest BCUT2D eigenvalue weighted by Crippen LogP contribution is 2.23. The Kier molecular flexibility index (Phi) is 5.28. The van der Waals surface area contributed by atoms with Crippen molar-refractivity contribution in [1.82, 2.24) is 9.97 Å². The topological polar surface area (TPSA) is 81.2 Å². The van der Waals surface area contributed by atoms with Crippen molar-refractivity contribution in [2.75, 3.05) is 11.8 Å². The minimum atomic E-state index is -3.71. The number of nitrogens with one attached hydrogen (secondary N) is 1. The monoisotopic (exact) mass is 367 g/mol. The molecular formula is C19H17N3O3S. The Morgan fingerprint density at radius 1 is 1.00 bits per heavy atom. The molecule has 1 heterocycles. The van der Waals surface area contributed by atoms with Crippen LogP contribution in [0.4, 0.5) is 5.69 Å². The van der Waals surface area contributed by atoms with Gasteiger partial charge in [0, 0.05) is 6.20 Å². The summed E-state index contributed by atoms with van der Waals surface area (Å²) >= 11 is 0. The van der Waals surface area contributed by atoms with Crippen molar-refractivity contribution in [3.05, 3.63) is 78.4 Å². The molecule has 3 aromatic rings. The van der Waals surface area contributed by atoms with E-state index in [-0.39, 0.29) is 4.90 Å². The van der Waals surface area contributed by atoms with E-state index in [9.17, 15) is 8.42 Å². The molecule has 132 valence electrons. The third-order valence-electron chi connectivity index (χ3n) is 3.61. The summed E-state index contributed by atoms with van der Waals surface area (Å²) in [5, 5.41) is 0. The first-order valence-electron chi connectivity index (χ1n) is 7.78. The van der Waals surface area contributed by atoms with E-state index in [0.29, 0.717) is 11.4 Å². The van der Waals surface area contributed by atoms with E-state index in [0.717, 1.165) is 11.3 Å². The maximum atomic E-state index is 12.6. The number of ether oxygens (including phenoxy) is 1. The van der Waals surface area contributed by atoms with Crippen LogP contribution in [0.5, 0.6) is 5.75 Å². The van der Waals surface area contributed by atoms with Crippen molar-refractivity contribution >= 4 is 27.9 Å². The normalized spacial score (nSPS) is 11.4. The van der Waals surface area contributed by atoms with Crippen LogP contribution in [0.2, 0.25) is 0 Å². The Morgan fingerprint density at radius 3 is 2.46 bits per heavy atom. The highest BCUT2D eigenvalue weighted by molar-refractivity contribution is 7.92. The van der Waals surface area contributed by atoms with Crippen molar-refractivity contribution in [1.29, 1.82) is 0 Å². The average molecular weight is 367 g/mol. The van der Waals surface area contributed by atoms with Gasteiger partial charge in [-0.3, -0.25) is 4.72 Å². The Balaban J connectivity index is 1.86. The number of benzene rings is 2. The first kappa shape index (κ1) is 17.6. The lowest BCUT2D eigenvalue weighted by Crippen LogP contribution is -2.13. The van der Waals surface area contributed by atoms with Crippen molar-refractivity contribution in [3.8, 4) is 5.75 Å². The number of aromatic nitrogens is 2. The molecule has 0 unspecified atom stereocenters. The first-order chi connectivity index (χ1) is 12.6. The molecule has 0 fully saturated rings. The van der Waals surface area contributed by atoms with E-state index in [4.69, 9.17) is 4.74 Å². The van der Waals surface area contributed by atoms with Gasteiger partial charge in [-0.2, -0.15) is 0 Å². The zero-order valence-corrected chi connectivity index (χ0v) is 14.8. The summed E-state index contributed by atoms with van der Waals surface area (Å²) < 4.78 is 32.9. The van der Waals surface area contributed by atoms with Crippen LogP contribution >= 0.6 is 0 Å². The van der Waals surface area contributed by atoms with Crippen LogP contribution in [0.1, 0.15) is 11.3 Å². The molecule has 1 aromatic heterocycles. The van der Waals surface area contributed by atoms with Crippen molar-refractivity contribution in [2.24, 2.45) is 0 Å². The molecule has 0 aliphatic heterocycles. The molecule has 0 aliphatic rings. The largest absolute Gasteiger partial charge is 0.497 e. The van der Waals surface area contributed by atoms with Crippen LogP contribution in [0.15, 0.2) is 72.0 Å². The summed E-state index contributed by atoms with van der Waals surface area (Å²) in [6, 6.07) is 15.1. The predicted octanol–water partition coefficient (Wildman–Crippen LogP) is 3.46. The van der Waals surface area contributed by atoms with Gasteiger partial charge in [0.05, 0.1) is 23.4 Å². The molecule has 26 heavy (non-hydrogen) atoms. The zero-order valence-electron chi connectivity index (χ0n) is 14.0. The molecule has 0 radical (unpaired) electrons. The molecule has 0 saturated heterocycles. The first-order valence-corrected chi connectivity index (χ1v) is 9.27. The van der Waals surface area contributed by atoms with Crippen LogP contribution in [0, 0.1) is 0 Å². The summed E-state index contributed by atoms with van der Waals surface area (Å²) in [5.74, 6) is 0.595. The molecule has 0 aliphatic carbocycles. The Hall–Kier alpha value is -3.19. The van der Waals surface area contributed by atoms with Crippen LogP contribution in [0.25, 0.3) is 12.2 Å². The van der Waals surface area contributed by atoms with Crippen molar-refractivity contribution in [3.63, 3.8) is 0 Å². The zero-order chi connectivity index (χ0) is 18.4. The minimum absolute atomic E-state index is 0.160. The number of hydrogen-bond donors (Lipinski definition) is 1. The number of sulfonamides is 1. The fraction of sp³-hybridized carbons (Fsp3) is 0.0526. The van der Waals surface area contributed by atoms with Gasteiger partial charge in [0.1, 0.15) is 12.1 Å². The van der Waals surface area contributed by atoms with Gasteiger partial charge in [0.2, 0.25) is 0 Å².